The van der Waals surface area contributed by atoms with Gasteiger partial charge in [-0.2, -0.15) is 5.10 Å². The summed E-state index contributed by atoms with van der Waals surface area (Å²) in [5.41, 5.74) is 5.92. The van der Waals surface area contributed by atoms with Crippen LogP contribution in [0.5, 0.6) is 5.75 Å². The molecule has 1 amide bonds. The van der Waals surface area contributed by atoms with E-state index in [9.17, 15) is 4.79 Å². The van der Waals surface area contributed by atoms with E-state index in [-0.39, 0.29) is 11.8 Å². The zero-order valence-corrected chi connectivity index (χ0v) is 19.0. The SMILES string of the molecule is COc1cccc(Cc2ccc([C@@H]3CCCN(C(=O)c4n[nH]c5ccc(C)cc45)C3)nc2)c1. The van der Waals surface area contributed by atoms with Crippen molar-refractivity contribution in [1.29, 1.82) is 0 Å². The highest BCUT2D eigenvalue weighted by Gasteiger charge is 2.28. The Morgan fingerprint density at radius 2 is 2.06 bits per heavy atom. The van der Waals surface area contributed by atoms with Crippen LogP contribution in [0.4, 0.5) is 0 Å². The smallest absolute Gasteiger partial charge is 0.275 e. The van der Waals surface area contributed by atoms with Crippen LogP contribution >= 0.6 is 0 Å². The first kappa shape index (κ1) is 21.2. The van der Waals surface area contributed by atoms with Crippen molar-refractivity contribution in [2.75, 3.05) is 20.2 Å². The molecule has 6 nitrogen and oxygen atoms in total. The maximum atomic E-state index is 13.3. The summed E-state index contributed by atoms with van der Waals surface area (Å²) in [6, 6.07) is 18.4. The van der Waals surface area contributed by atoms with Crippen LogP contribution in [0.25, 0.3) is 10.9 Å². The minimum absolute atomic E-state index is 0.00815. The quantitative estimate of drug-likeness (QED) is 0.480. The van der Waals surface area contributed by atoms with Gasteiger partial charge in [-0.05, 0) is 67.6 Å². The lowest BCUT2D eigenvalue weighted by Crippen LogP contribution is -2.39. The number of fused-ring (bicyclic) bond motifs is 1. The molecule has 6 heteroatoms. The number of aromatic nitrogens is 3. The van der Waals surface area contributed by atoms with Crippen molar-refractivity contribution >= 4 is 16.8 Å². The van der Waals surface area contributed by atoms with E-state index in [0.29, 0.717) is 12.2 Å². The Morgan fingerprint density at radius 1 is 1.15 bits per heavy atom. The van der Waals surface area contributed by atoms with Crippen molar-refractivity contribution in [3.05, 3.63) is 88.9 Å². The van der Waals surface area contributed by atoms with Gasteiger partial charge in [0.1, 0.15) is 5.75 Å². The molecule has 3 heterocycles. The lowest BCUT2D eigenvalue weighted by molar-refractivity contribution is 0.0702. The Morgan fingerprint density at radius 3 is 2.88 bits per heavy atom. The van der Waals surface area contributed by atoms with Gasteiger partial charge in [0.25, 0.3) is 5.91 Å². The number of carbonyl (C=O) groups is 1. The number of methoxy groups -OCH3 is 1. The second-order valence-corrected chi connectivity index (χ2v) is 8.83. The molecule has 1 aliphatic heterocycles. The summed E-state index contributed by atoms with van der Waals surface area (Å²) in [6.07, 6.45) is 4.77. The lowest BCUT2D eigenvalue weighted by atomic mass is 9.93. The predicted octanol–water partition coefficient (Wildman–Crippen LogP) is 4.89. The standard InChI is InChI=1S/C27H28N4O2/c1-18-8-10-25-23(13-18)26(30-29-25)27(32)31-12-4-6-21(17-31)24-11-9-20(16-28-24)14-19-5-3-7-22(15-19)33-2/h3,5,7-11,13,15-16,21H,4,6,12,14,17H2,1-2H3,(H,29,30)/t21-/m1/s1. The molecule has 1 aliphatic rings. The van der Waals surface area contributed by atoms with Crippen molar-refractivity contribution in [1.82, 2.24) is 20.1 Å². The van der Waals surface area contributed by atoms with Gasteiger partial charge in [-0.25, -0.2) is 0 Å². The number of aryl methyl sites for hydroxylation is 1. The molecule has 1 N–H and O–H groups in total. The van der Waals surface area contributed by atoms with Crippen molar-refractivity contribution in [2.45, 2.75) is 32.1 Å². The molecule has 2 aromatic heterocycles. The number of ether oxygens (including phenoxy) is 1. The number of nitrogens with one attached hydrogen (secondary N) is 1. The number of nitrogens with zero attached hydrogens (tertiary/aromatic N) is 3. The lowest BCUT2D eigenvalue weighted by Gasteiger charge is -2.32. The summed E-state index contributed by atoms with van der Waals surface area (Å²) in [6.45, 7) is 3.45. The van der Waals surface area contributed by atoms with E-state index in [0.717, 1.165) is 59.3 Å². The largest absolute Gasteiger partial charge is 0.497 e. The number of amides is 1. The second-order valence-electron chi connectivity index (χ2n) is 8.83. The molecule has 2 aromatic carbocycles. The minimum atomic E-state index is -0.00815. The minimum Gasteiger partial charge on any atom is -0.497 e. The van der Waals surface area contributed by atoms with E-state index in [2.05, 4.69) is 34.5 Å². The Labute approximate surface area is 193 Å². The summed E-state index contributed by atoms with van der Waals surface area (Å²) in [5, 5.41) is 8.22. The molecule has 4 aromatic rings. The molecule has 0 unspecified atom stereocenters. The van der Waals surface area contributed by atoms with Gasteiger partial charge in [-0.15, -0.1) is 0 Å². The zero-order chi connectivity index (χ0) is 22.8. The molecule has 0 spiro atoms. The molecule has 5 rings (SSSR count). The maximum absolute atomic E-state index is 13.3. The zero-order valence-electron chi connectivity index (χ0n) is 19.0. The predicted molar refractivity (Wildman–Crippen MR) is 129 cm³/mol. The van der Waals surface area contributed by atoms with Crippen LogP contribution in [0, 0.1) is 6.92 Å². The third-order valence-electron chi connectivity index (χ3n) is 6.44. The number of pyridine rings is 1. The van der Waals surface area contributed by atoms with Gasteiger partial charge >= 0.3 is 0 Å². The molecule has 1 saturated heterocycles. The highest BCUT2D eigenvalue weighted by atomic mass is 16.5. The number of carbonyl (C=O) groups excluding carboxylic acids is 1. The van der Waals surface area contributed by atoms with Crippen LogP contribution in [-0.4, -0.2) is 46.2 Å². The van der Waals surface area contributed by atoms with Gasteiger partial charge in [-0.1, -0.05) is 29.8 Å². The first-order valence-electron chi connectivity index (χ1n) is 11.4. The van der Waals surface area contributed by atoms with Crippen molar-refractivity contribution in [2.24, 2.45) is 0 Å². The van der Waals surface area contributed by atoms with Crippen LogP contribution < -0.4 is 4.74 Å². The van der Waals surface area contributed by atoms with Crippen LogP contribution in [0.2, 0.25) is 0 Å². The molecule has 0 saturated carbocycles. The van der Waals surface area contributed by atoms with Crippen molar-refractivity contribution in [3.8, 4) is 5.75 Å². The fourth-order valence-electron chi connectivity index (χ4n) is 4.64. The van der Waals surface area contributed by atoms with E-state index in [1.807, 2.05) is 48.4 Å². The van der Waals surface area contributed by atoms with Gasteiger partial charge in [0.2, 0.25) is 0 Å². The van der Waals surface area contributed by atoms with E-state index >= 15 is 0 Å². The van der Waals surface area contributed by atoms with Crippen LogP contribution in [0.3, 0.4) is 0 Å². The monoisotopic (exact) mass is 440 g/mol. The fraction of sp³-hybridized carbons (Fsp3) is 0.296. The number of H-pyrrole nitrogens is 1. The van der Waals surface area contributed by atoms with E-state index in [4.69, 9.17) is 9.72 Å². The summed E-state index contributed by atoms with van der Waals surface area (Å²) < 4.78 is 5.32. The highest BCUT2D eigenvalue weighted by molar-refractivity contribution is 6.04. The highest BCUT2D eigenvalue weighted by Crippen LogP contribution is 2.28. The summed E-state index contributed by atoms with van der Waals surface area (Å²) in [4.78, 5) is 20.0. The molecule has 33 heavy (non-hydrogen) atoms. The normalized spacial score (nSPS) is 16.2. The van der Waals surface area contributed by atoms with E-state index < -0.39 is 0 Å². The Hall–Kier alpha value is -3.67. The summed E-state index contributed by atoms with van der Waals surface area (Å²) in [7, 11) is 1.68. The summed E-state index contributed by atoms with van der Waals surface area (Å²) in [5.74, 6) is 1.09. The molecule has 1 fully saturated rings. The van der Waals surface area contributed by atoms with Crippen LogP contribution in [0.15, 0.2) is 60.8 Å². The molecule has 0 radical (unpaired) electrons. The van der Waals surface area contributed by atoms with Gasteiger partial charge < -0.3 is 9.64 Å². The average Bonchev–Trinajstić information content (AvgIpc) is 3.27. The Kier molecular flexibility index (Phi) is 5.82. The average molecular weight is 441 g/mol. The molecule has 0 bridgehead atoms. The van der Waals surface area contributed by atoms with E-state index in [1.54, 1.807) is 7.11 Å². The molecular weight excluding hydrogens is 412 g/mol. The molecule has 0 aliphatic carbocycles. The Bertz CT molecular complexity index is 1280. The topological polar surface area (TPSA) is 71.1 Å². The summed E-state index contributed by atoms with van der Waals surface area (Å²) >= 11 is 0. The molecular formula is C27H28N4O2. The first-order chi connectivity index (χ1) is 16.1. The van der Waals surface area contributed by atoms with Crippen LogP contribution in [-0.2, 0) is 6.42 Å². The number of piperidine rings is 1. The third kappa shape index (κ3) is 4.46. The van der Waals surface area contributed by atoms with Gasteiger partial charge in [0.05, 0.1) is 12.6 Å². The number of aromatic amines is 1. The number of benzene rings is 2. The number of likely N-dealkylation sites (tertiary alicyclic amines) is 1. The van der Waals surface area contributed by atoms with Crippen molar-refractivity contribution in [3.63, 3.8) is 0 Å². The van der Waals surface area contributed by atoms with Crippen molar-refractivity contribution < 1.29 is 9.53 Å². The fourth-order valence-corrected chi connectivity index (χ4v) is 4.64. The number of hydrogen-bond acceptors (Lipinski definition) is 4. The molecule has 168 valence electrons. The number of rotatable bonds is 5. The maximum Gasteiger partial charge on any atom is 0.275 e. The first-order valence-corrected chi connectivity index (χ1v) is 11.4. The van der Waals surface area contributed by atoms with E-state index in [1.165, 1.54) is 5.56 Å². The Balaban J connectivity index is 1.29. The van der Waals surface area contributed by atoms with Crippen LogP contribution in [0.1, 0.15) is 51.6 Å². The van der Waals surface area contributed by atoms with Gasteiger partial charge in [-0.3, -0.25) is 14.9 Å². The third-order valence-corrected chi connectivity index (χ3v) is 6.44. The van der Waals surface area contributed by atoms with Gasteiger partial charge in [0.15, 0.2) is 5.69 Å². The molecule has 1 atom stereocenters. The number of hydrogen-bond donors (Lipinski definition) is 1. The second kappa shape index (κ2) is 9.06. The van der Waals surface area contributed by atoms with Gasteiger partial charge in [0, 0.05) is 36.3 Å².